The molecule has 0 saturated heterocycles. The molecule has 1 aromatic carbocycles. The van der Waals surface area contributed by atoms with Crippen LogP contribution in [-0.2, 0) is 4.74 Å². The lowest BCUT2D eigenvalue weighted by molar-refractivity contribution is -0.0163. The van der Waals surface area contributed by atoms with Gasteiger partial charge in [-0.25, -0.2) is 4.79 Å². The Bertz CT molecular complexity index is 397. The number of ether oxygens (including phenoxy) is 1. The Hall–Kier alpha value is -1.59. The molecular formula is C14H22N2O3. The Kier molecular flexibility index (Phi) is 5.79. The fourth-order valence-corrected chi connectivity index (χ4v) is 1.94. The summed E-state index contributed by atoms with van der Waals surface area (Å²) in [6, 6.07) is 9.44. The van der Waals surface area contributed by atoms with E-state index >= 15 is 0 Å². The molecule has 0 aliphatic heterocycles. The van der Waals surface area contributed by atoms with Gasteiger partial charge in [0.25, 0.3) is 0 Å². The molecule has 5 heteroatoms. The second-order valence-electron chi connectivity index (χ2n) is 4.49. The molecule has 0 aromatic heterocycles. The molecule has 1 aromatic rings. The monoisotopic (exact) mass is 266 g/mol. The fraction of sp³-hybridized carbons (Fsp3) is 0.500. The van der Waals surface area contributed by atoms with Gasteiger partial charge in [0.05, 0.1) is 0 Å². The minimum atomic E-state index is -1.15. The summed E-state index contributed by atoms with van der Waals surface area (Å²) in [5, 5.41) is 11.3. The van der Waals surface area contributed by atoms with E-state index in [4.69, 9.17) is 15.6 Å². The molecule has 0 aliphatic carbocycles. The predicted molar refractivity (Wildman–Crippen MR) is 73.8 cm³/mol. The summed E-state index contributed by atoms with van der Waals surface area (Å²) < 4.78 is 5.78. The molecule has 1 rings (SSSR count). The Labute approximate surface area is 113 Å². The van der Waals surface area contributed by atoms with Crippen molar-refractivity contribution in [3.63, 3.8) is 0 Å². The molecule has 0 aliphatic rings. The summed E-state index contributed by atoms with van der Waals surface area (Å²) in [6.45, 7) is 4.36. The maximum absolute atomic E-state index is 10.9. The summed E-state index contributed by atoms with van der Waals surface area (Å²) in [5.41, 5.74) is 5.93. The van der Waals surface area contributed by atoms with Crippen LogP contribution in [0.15, 0.2) is 30.3 Å². The molecule has 5 nitrogen and oxygen atoms in total. The second-order valence-corrected chi connectivity index (χ2v) is 4.49. The van der Waals surface area contributed by atoms with Gasteiger partial charge in [0.1, 0.15) is 11.8 Å². The van der Waals surface area contributed by atoms with Crippen LogP contribution >= 0.6 is 0 Å². The highest BCUT2D eigenvalue weighted by Gasteiger charge is 2.36. The average Bonchev–Trinajstić information content (AvgIpc) is 2.39. The highest BCUT2D eigenvalue weighted by Crippen LogP contribution is 2.28. The van der Waals surface area contributed by atoms with Crippen molar-refractivity contribution >= 4 is 6.09 Å². The third-order valence-corrected chi connectivity index (χ3v) is 2.98. The third-order valence-electron chi connectivity index (χ3n) is 2.98. The molecular weight excluding hydrogens is 244 g/mol. The van der Waals surface area contributed by atoms with Crippen molar-refractivity contribution in [2.75, 3.05) is 6.61 Å². The van der Waals surface area contributed by atoms with Crippen LogP contribution in [0.25, 0.3) is 0 Å². The lowest BCUT2D eigenvalue weighted by Crippen LogP contribution is -2.59. The number of nitrogens with two attached hydrogens (primary N) is 1. The summed E-state index contributed by atoms with van der Waals surface area (Å²) in [7, 11) is 0. The lowest BCUT2D eigenvalue weighted by atomic mass is 9.94. The molecule has 2 unspecified atom stereocenters. The first-order valence-corrected chi connectivity index (χ1v) is 6.50. The first-order valence-electron chi connectivity index (χ1n) is 6.50. The highest BCUT2D eigenvalue weighted by molar-refractivity contribution is 5.65. The number of hydrogen-bond acceptors (Lipinski definition) is 3. The minimum Gasteiger partial charge on any atom is -0.465 e. The van der Waals surface area contributed by atoms with Crippen LogP contribution in [0.2, 0.25) is 0 Å². The van der Waals surface area contributed by atoms with Gasteiger partial charge in [-0.15, -0.1) is 0 Å². The molecule has 0 radical (unpaired) electrons. The largest absolute Gasteiger partial charge is 0.465 e. The molecule has 106 valence electrons. The van der Waals surface area contributed by atoms with Crippen molar-refractivity contribution in [2.24, 2.45) is 5.73 Å². The Morgan fingerprint density at radius 1 is 1.42 bits per heavy atom. The van der Waals surface area contributed by atoms with Gasteiger partial charge in [0.15, 0.2) is 0 Å². The van der Waals surface area contributed by atoms with E-state index in [1.807, 2.05) is 44.2 Å². The van der Waals surface area contributed by atoms with Gasteiger partial charge in [0, 0.05) is 6.61 Å². The first-order chi connectivity index (χ1) is 9.03. The van der Waals surface area contributed by atoms with Crippen LogP contribution in [0.1, 0.15) is 38.4 Å². The van der Waals surface area contributed by atoms with Crippen LogP contribution in [0.3, 0.4) is 0 Å². The van der Waals surface area contributed by atoms with Gasteiger partial charge in [0.2, 0.25) is 0 Å². The zero-order valence-electron chi connectivity index (χ0n) is 11.4. The van der Waals surface area contributed by atoms with E-state index in [0.29, 0.717) is 13.0 Å². The predicted octanol–water partition coefficient (Wildman–Crippen LogP) is 2.49. The van der Waals surface area contributed by atoms with E-state index in [2.05, 4.69) is 5.32 Å². The Morgan fingerprint density at radius 2 is 2.05 bits per heavy atom. The molecule has 0 bridgehead atoms. The van der Waals surface area contributed by atoms with Crippen molar-refractivity contribution < 1.29 is 14.6 Å². The standard InChI is InChI=1S/C14H22N2O3/c1-3-10-19-12(11-8-6-5-7-9-11)14(15,4-2)16-13(17)18/h5-9,12,16H,3-4,10,15H2,1-2H3,(H,17,18). The van der Waals surface area contributed by atoms with Crippen LogP contribution in [0, 0.1) is 0 Å². The number of benzene rings is 1. The topological polar surface area (TPSA) is 84.6 Å². The molecule has 0 saturated carbocycles. The molecule has 4 N–H and O–H groups in total. The number of hydrogen-bond donors (Lipinski definition) is 3. The maximum atomic E-state index is 10.9. The first kappa shape index (κ1) is 15.5. The second kappa shape index (κ2) is 7.11. The van der Waals surface area contributed by atoms with E-state index in [-0.39, 0.29) is 0 Å². The highest BCUT2D eigenvalue weighted by atomic mass is 16.5. The van der Waals surface area contributed by atoms with Crippen molar-refractivity contribution in [3.05, 3.63) is 35.9 Å². The third kappa shape index (κ3) is 4.22. The Balaban J connectivity index is 3.03. The van der Waals surface area contributed by atoms with E-state index in [9.17, 15) is 4.79 Å². The smallest absolute Gasteiger partial charge is 0.406 e. The number of amides is 1. The number of rotatable bonds is 7. The Morgan fingerprint density at radius 3 is 2.53 bits per heavy atom. The summed E-state index contributed by atoms with van der Waals surface area (Å²) in [4.78, 5) is 10.9. The van der Waals surface area contributed by atoms with E-state index < -0.39 is 17.9 Å². The van der Waals surface area contributed by atoms with E-state index in [1.54, 1.807) is 0 Å². The normalized spacial score (nSPS) is 15.5. The number of nitrogens with one attached hydrogen (secondary N) is 1. The van der Waals surface area contributed by atoms with Crippen molar-refractivity contribution in [1.82, 2.24) is 5.32 Å². The van der Waals surface area contributed by atoms with Crippen LogP contribution in [0.5, 0.6) is 0 Å². The summed E-state index contributed by atoms with van der Waals surface area (Å²) >= 11 is 0. The zero-order chi connectivity index (χ0) is 14.3. The van der Waals surface area contributed by atoms with E-state index in [0.717, 1.165) is 12.0 Å². The van der Waals surface area contributed by atoms with Gasteiger partial charge in [-0.1, -0.05) is 44.2 Å². The van der Waals surface area contributed by atoms with Crippen molar-refractivity contribution in [3.8, 4) is 0 Å². The lowest BCUT2D eigenvalue weighted by Gasteiger charge is -2.36. The zero-order valence-corrected chi connectivity index (χ0v) is 11.4. The van der Waals surface area contributed by atoms with Crippen molar-refractivity contribution in [2.45, 2.75) is 38.5 Å². The molecule has 0 spiro atoms. The minimum absolute atomic E-state index is 0.433. The fourth-order valence-electron chi connectivity index (χ4n) is 1.94. The summed E-state index contributed by atoms with van der Waals surface area (Å²) in [6.07, 6.45) is -0.376. The quantitative estimate of drug-likeness (QED) is 0.662. The molecule has 0 heterocycles. The van der Waals surface area contributed by atoms with E-state index in [1.165, 1.54) is 0 Å². The van der Waals surface area contributed by atoms with Gasteiger partial charge >= 0.3 is 6.09 Å². The van der Waals surface area contributed by atoms with Gasteiger partial charge in [-0.2, -0.15) is 0 Å². The van der Waals surface area contributed by atoms with Crippen LogP contribution in [-0.4, -0.2) is 23.5 Å². The summed E-state index contributed by atoms with van der Waals surface area (Å²) in [5.74, 6) is 0. The molecule has 2 atom stereocenters. The van der Waals surface area contributed by atoms with Crippen LogP contribution in [0.4, 0.5) is 4.79 Å². The number of carboxylic acid groups (broad SMARTS) is 1. The average molecular weight is 266 g/mol. The van der Waals surface area contributed by atoms with Gasteiger partial charge in [-0.3, -0.25) is 0 Å². The molecule has 19 heavy (non-hydrogen) atoms. The van der Waals surface area contributed by atoms with Gasteiger partial charge in [-0.05, 0) is 18.4 Å². The van der Waals surface area contributed by atoms with Crippen LogP contribution < -0.4 is 11.1 Å². The maximum Gasteiger partial charge on any atom is 0.406 e. The SMILES string of the molecule is CCCOC(c1ccccc1)C(N)(CC)NC(=O)O. The number of carbonyl (C=O) groups is 1. The van der Waals surface area contributed by atoms with Gasteiger partial charge < -0.3 is 20.9 Å². The van der Waals surface area contributed by atoms with Crippen molar-refractivity contribution in [1.29, 1.82) is 0 Å². The molecule has 1 amide bonds. The molecule has 0 fully saturated rings.